The summed E-state index contributed by atoms with van der Waals surface area (Å²) in [5.41, 5.74) is 1.94. The van der Waals surface area contributed by atoms with Crippen LogP contribution in [0.2, 0.25) is 5.02 Å². The average molecular weight is 427 g/mol. The Morgan fingerprint density at radius 3 is 2.36 bits per heavy atom. The second-order valence-corrected chi connectivity index (χ2v) is 7.24. The van der Waals surface area contributed by atoms with Crippen LogP contribution in [0, 0.1) is 0 Å². The number of alkyl halides is 3. The van der Waals surface area contributed by atoms with Crippen molar-refractivity contribution in [3.63, 3.8) is 0 Å². The van der Waals surface area contributed by atoms with E-state index in [1.807, 2.05) is 42.5 Å². The van der Waals surface area contributed by atoms with Crippen molar-refractivity contribution in [3.8, 4) is 0 Å². The van der Waals surface area contributed by atoms with Crippen LogP contribution in [0.1, 0.15) is 22.2 Å². The van der Waals surface area contributed by atoms with E-state index in [1.54, 1.807) is 17.2 Å². The van der Waals surface area contributed by atoms with Gasteiger partial charge in [-0.1, -0.05) is 54.1 Å². The molecule has 0 aliphatic carbocycles. The smallest absolute Gasteiger partial charge is 0.293 e. The number of aromatic amines is 1. The number of anilines is 1. The first-order valence-corrected chi connectivity index (χ1v) is 9.47. The van der Waals surface area contributed by atoms with Crippen LogP contribution in [0.4, 0.5) is 19.1 Å². The van der Waals surface area contributed by atoms with E-state index >= 15 is 0 Å². The van der Waals surface area contributed by atoms with Gasteiger partial charge in [0.2, 0.25) is 17.7 Å². The SMILES string of the molecule is O=C(CSC(c1ccccc1)c1ccc(Cl)cc1)Nc1n[nH]c(C(F)(F)F)n1. The van der Waals surface area contributed by atoms with Crippen molar-refractivity contribution in [1.82, 2.24) is 15.2 Å². The molecule has 0 aliphatic heterocycles. The minimum absolute atomic E-state index is 0.00191. The van der Waals surface area contributed by atoms with Gasteiger partial charge < -0.3 is 0 Å². The van der Waals surface area contributed by atoms with Gasteiger partial charge in [-0.15, -0.1) is 16.9 Å². The molecular weight excluding hydrogens is 413 g/mol. The molecule has 0 saturated carbocycles. The van der Waals surface area contributed by atoms with Crippen molar-refractivity contribution in [2.45, 2.75) is 11.4 Å². The molecule has 1 heterocycles. The Morgan fingerprint density at radius 2 is 1.75 bits per heavy atom. The zero-order chi connectivity index (χ0) is 20.1. The van der Waals surface area contributed by atoms with Crippen molar-refractivity contribution in [2.24, 2.45) is 0 Å². The van der Waals surface area contributed by atoms with Crippen LogP contribution >= 0.6 is 23.4 Å². The number of rotatable bonds is 6. The maximum Gasteiger partial charge on any atom is 0.451 e. The van der Waals surface area contributed by atoms with Crippen LogP contribution in [0.25, 0.3) is 0 Å². The molecular formula is C18H14ClF3N4OS. The molecule has 0 spiro atoms. The molecule has 0 bridgehead atoms. The Balaban J connectivity index is 1.69. The number of carbonyl (C=O) groups excluding carboxylic acids is 1. The van der Waals surface area contributed by atoms with Gasteiger partial charge in [-0.25, -0.2) is 0 Å². The molecule has 0 aliphatic rings. The molecule has 3 aromatic rings. The molecule has 0 fully saturated rings. The number of amides is 1. The summed E-state index contributed by atoms with van der Waals surface area (Å²) >= 11 is 7.28. The van der Waals surface area contributed by atoms with Crippen LogP contribution < -0.4 is 5.32 Å². The maximum atomic E-state index is 12.5. The number of hydrogen-bond acceptors (Lipinski definition) is 4. The third-order valence-corrected chi connectivity index (χ3v) is 5.22. The predicted octanol–water partition coefficient (Wildman–Crippen LogP) is 4.94. The van der Waals surface area contributed by atoms with Crippen LogP contribution in [-0.2, 0) is 11.0 Å². The van der Waals surface area contributed by atoms with Crippen LogP contribution in [0.3, 0.4) is 0 Å². The number of halogens is 4. The average Bonchev–Trinajstić information content (AvgIpc) is 3.13. The van der Waals surface area contributed by atoms with Crippen LogP contribution in [-0.4, -0.2) is 26.8 Å². The second-order valence-electron chi connectivity index (χ2n) is 5.71. The molecule has 0 saturated heterocycles. The molecule has 28 heavy (non-hydrogen) atoms. The molecule has 146 valence electrons. The second kappa shape index (κ2) is 8.66. The van der Waals surface area contributed by atoms with Gasteiger partial charge in [-0.3, -0.25) is 15.2 Å². The van der Waals surface area contributed by atoms with E-state index in [0.717, 1.165) is 11.1 Å². The van der Waals surface area contributed by atoms with Gasteiger partial charge >= 0.3 is 6.18 Å². The number of nitrogens with zero attached hydrogens (tertiary/aromatic N) is 2. The zero-order valence-corrected chi connectivity index (χ0v) is 15.8. The highest BCUT2D eigenvalue weighted by Crippen LogP contribution is 2.36. The van der Waals surface area contributed by atoms with Crippen molar-refractivity contribution in [3.05, 3.63) is 76.6 Å². The zero-order valence-electron chi connectivity index (χ0n) is 14.2. The van der Waals surface area contributed by atoms with E-state index < -0.39 is 23.9 Å². The number of carbonyl (C=O) groups is 1. The minimum Gasteiger partial charge on any atom is -0.293 e. The summed E-state index contributed by atoms with van der Waals surface area (Å²) in [7, 11) is 0. The first kappa shape index (κ1) is 20.2. The van der Waals surface area contributed by atoms with Crippen molar-refractivity contribution >= 4 is 35.2 Å². The van der Waals surface area contributed by atoms with Gasteiger partial charge in [-0.2, -0.15) is 18.2 Å². The molecule has 3 rings (SSSR count). The lowest BCUT2D eigenvalue weighted by Gasteiger charge is -2.17. The van der Waals surface area contributed by atoms with Gasteiger partial charge in [-0.05, 0) is 23.3 Å². The highest BCUT2D eigenvalue weighted by Gasteiger charge is 2.35. The number of nitrogens with one attached hydrogen (secondary N) is 2. The molecule has 2 N–H and O–H groups in total. The van der Waals surface area contributed by atoms with Crippen molar-refractivity contribution in [1.29, 1.82) is 0 Å². The number of thioether (sulfide) groups is 1. The summed E-state index contributed by atoms with van der Waals surface area (Å²) in [5.74, 6) is -2.19. The Hall–Kier alpha value is -2.52. The fraction of sp³-hybridized carbons (Fsp3) is 0.167. The fourth-order valence-electron chi connectivity index (χ4n) is 2.41. The molecule has 5 nitrogen and oxygen atoms in total. The van der Waals surface area contributed by atoms with Crippen LogP contribution in [0.15, 0.2) is 54.6 Å². The Bertz CT molecular complexity index is 932. The summed E-state index contributed by atoms with van der Waals surface area (Å²) in [6.07, 6.45) is -4.66. The highest BCUT2D eigenvalue weighted by atomic mass is 35.5. The van der Waals surface area contributed by atoms with Gasteiger partial charge in [0, 0.05) is 5.02 Å². The molecule has 1 atom stereocenters. The van der Waals surface area contributed by atoms with E-state index in [-0.39, 0.29) is 11.0 Å². The van der Waals surface area contributed by atoms with Crippen molar-refractivity contribution in [2.75, 3.05) is 11.1 Å². The molecule has 1 amide bonds. The quantitative estimate of drug-likeness (QED) is 0.585. The summed E-state index contributed by atoms with van der Waals surface area (Å²) in [5, 5.41) is 7.83. The predicted molar refractivity (Wildman–Crippen MR) is 102 cm³/mol. The fourth-order valence-corrected chi connectivity index (χ4v) is 3.63. The van der Waals surface area contributed by atoms with Gasteiger partial charge in [0.1, 0.15) is 0 Å². The number of hydrogen-bond donors (Lipinski definition) is 2. The lowest BCUT2D eigenvalue weighted by Crippen LogP contribution is -2.16. The normalized spacial score (nSPS) is 12.6. The number of aromatic nitrogens is 3. The molecule has 2 aromatic carbocycles. The van der Waals surface area contributed by atoms with Crippen LogP contribution in [0.5, 0.6) is 0 Å². The summed E-state index contributed by atoms with van der Waals surface area (Å²) < 4.78 is 37.6. The summed E-state index contributed by atoms with van der Waals surface area (Å²) in [6.45, 7) is 0. The number of H-pyrrole nitrogens is 1. The lowest BCUT2D eigenvalue weighted by atomic mass is 10.0. The Labute approximate surface area is 167 Å². The minimum atomic E-state index is -4.66. The highest BCUT2D eigenvalue weighted by molar-refractivity contribution is 8.00. The summed E-state index contributed by atoms with van der Waals surface area (Å²) in [4.78, 5) is 15.4. The first-order chi connectivity index (χ1) is 13.3. The Morgan fingerprint density at radius 1 is 1.11 bits per heavy atom. The topological polar surface area (TPSA) is 70.7 Å². The summed E-state index contributed by atoms with van der Waals surface area (Å²) in [6, 6.07) is 16.8. The van der Waals surface area contributed by atoms with E-state index in [9.17, 15) is 18.0 Å². The molecule has 0 radical (unpaired) electrons. The largest absolute Gasteiger partial charge is 0.451 e. The molecule has 1 unspecified atom stereocenters. The Kier molecular flexibility index (Phi) is 6.25. The van der Waals surface area contributed by atoms with E-state index in [0.29, 0.717) is 5.02 Å². The lowest BCUT2D eigenvalue weighted by molar-refractivity contribution is -0.144. The monoisotopic (exact) mass is 426 g/mol. The van der Waals surface area contributed by atoms with E-state index in [4.69, 9.17) is 11.6 Å². The third-order valence-electron chi connectivity index (χ3n) is 3.66. The molecule has 10 heteroatoms. The first-order valence-electron chi connectivity index (χ1n) is 8.04. The van der Waals surface area contributed by atoms with E-state index in [1.165, 1.54) is 11.8 Å². The number of benzene rings is 2. The van der Waals surface area contributed by atoms with E-state index in [2.05, 4.69) is 15.4 Å². The third kappa shape index (κ3) is 5.26. The van der Waals surface area contributed by atoms with Crippen molar-refractivity contribution < 1.29 is 18.0 Å². The maximum absolute atomic E-state index is 12.5. The van der Waals surface area contributed by atoms with Gasteiger partial charge in [0.15, 0.2) is 0 Å². The van der Waals surface area contributed by atoms with Gasteiger partial charge in [0.05, 0.1) is 11.0 Å². The standard InChI is InChI=1S/C18H14ClF3N4OS/c19-13-8-6-12(7-9-13)15(11-4-2-1-3-5-11)28-10-14(27)23-17-24-16(25-26-17)18(20,21)22/h1-9,15H,10H2,(H2,23,24,25,26,27). The molecule has 1 aromatic heterocycles. The van der Waals surface area contributed by atoms with Gasteiger partial charge in [0.25, 0.3) is 0 Å².